The first kappa shape index (κ1) is 24.5. The minimum absolute atomic E-state index is 0.0801. The molecule has 0 atom stereocenters. The van der Waals surface area contributed by atoms with E-state index in [1.54, 1.807) is 24.3 Å². The van der Waals surface area contributed by atoms with Crippen molar-refractivity contribution in [3.63, 3.8) is 0 Å². The van der Waals surface area contributed by atoms with Gasteiger partial charge in [0, 0.05) is 47.3 Å². The van der Waals surface area contributed by atoms with Crippen molar-refractivity contribution in [2.45, 2.75) is 24.1 Å². The Bertz CT molecular complexity index is 1350. The largest absolute Gasteiger partial charge is 0.361 e. The number of carbonyl (C=O) groups excluding carboxylic acids is 3. The number of rotatable bonds is 10. The summed E-state index contributed by atoms with van der Waals surface area (Å²) in [5.74, 6) is -0.245. The van der Waals surface area contributed by atoms with Gasteiger partial charge in [-0.15, -0.1) is 11.3 Å². The molecular formula is C25H25N5O3S2. The van der Waals surface area contributed by atoms with Crippen LogP contribution in [0.3, 0.4) is 0 Å². The smallest absolute Gasteiger partial charge is 0.234 e. The molecule has 0 unspecified atom stereocenters. The maximum atomic E-state index is 12.3. The Morgan fingerprint density at radius 2 is 1.83 bits per heavy atom. The number of nitrogens with zero attached hydrogens (tertiary/aromatic N) is 1. The van der Waals surface area contributed by atoms with Crippen molar-refractivity contribution < 1.29 is 14.4 Å². The third-order valence-electron chi connectivity index (χ3n) is 5.06. The van der Waals surface area contributed by atoms with Crippen molar-refractivity contribution in [1.82, 2.24) is 15.3 Å². The Morgan fingerprint density at radius 1 is 1.03 bits per heavy atom. The Labute approximate surface area is 210 Å². The van der Waals surface area contributed by atoms with Crippen LogP contribution in [0.1, 0.15) is 18.2 Å². The van der Waals surface area contributed by atoms with Gasteiger partial charge < -0.3 is 20.9 Å². The van der Waals surface area contributed by atoms with Crippen molar-refractivity contribution in [3.8, 4) is 0 Å². The quantitative estimate of drug-likeness (QED) is 0.240. The maximum Gasteiger partial charge on any atom is 0.234 e. The number of carbonyl (C=O) groups is 3. The van der Waals surface area contributed by atoms with Gasteiger partial charge in [0.05, 0.1) is 17.9 Å². The van der Waals surface area contributed by atoms with Crippen LogP contribution in [-0.2, 0) is 27.2 Å². The number of hydrogen-bond acceptors (Lipinski definition) is 6. The molecule has 0 radical (unpaired) electrons. The molecule has 0 aliphatic carbocycles. The van der Waals surface area contributed by atoms with E-state index in [2.05, 4.69) is 32.0 Å². The minimum atomic E-state index is -0.179. The summed E-state index contributed by atoms with van der Waals surface area (Å²) in [6.45, 7) is 1.98. The number of para-hydroxylation sites is 1. The molecule has 35 heavy (non-hydrogen) atoms. The van der Waals surface area contributed by atoms with Gasteiger partial charge in [-0.1, -0.05) is 36.0 Å². The molecule has 2 aromatic heterocycles. The van der Waals surface area contributed by atoms with Crippen LogP contribution in [0.25, 0.3) is 10.9 Å². The van der Waals surface area contributed by atoms with Crippen LogP contribution in [0.15, 0.2) is 64.4 Å². The van der Waals surface area contributed by atoms with Crippen molar-refractivity contribution in [2.24, 2.45) is 0 Å². The third kappa shape index (κ3) is 7.17. The number of thiazole rings is 1. The Balaban J connectivity index is 1.19. The number of fused-ring (bicyclic) bond motifs is 1. The van der Waals surface area contributed by atoms with Gasteiger partial charge >= 0.3 is 0 Å². The van der Waals surface area contributed by atoms with Gasteiger partial charge in [-0.05, 0) is 36.2 Å². The molecule has 0 bridgehead atoms. The highest BCUT2D eigenvalue weighted by Gasteiger charge is 2.11. The SMILES string of the molecule is CC(=O)Nc1cccc(NC(=O)CSc2nc(CC(=O)NCCc3c[nH]c4ccccc34)cs2)c1. The molecule has 0 spiro atoms. The number of amides is 3. The topological polar surface area (TPSA) is 116 Å². The van der Waals surface area contributed by atoms with Crippen LogP contribution in [0.5, 0.6) is 0 Å². The van der Waals surface area contributed by atoms with Gasteiger partial charge in [0.2, 0.25) is 17.7 Å². The Kier molecular flexibility index (Phi) is 8.17. The monoisotopic (exact) mass is 507 g/mol. The highest BCUT2D eigenvalue weighted by atomic mass is 32.2. The summed E-state index contributed by atoms with van der Waals surface area (Å²) >= 11 is 2.73. The molecular weight excluding hydrogens is 482 g/mol. The van der Waals surface area contributed by atoms with Crippen molar-refractivity contribution >= 4 is 63.1 Å². The summed E-state index contributed by atoms with van der Waals surface area (Å²) in [6.07, 6.45) is 2.93. The summed E-state index contributed by atoms with van der Waals surface area (Å²) in [5.41, 5.74) is 4.17. The summed E-state index contributed by atoms with van der Waals surface area (Å²) in [7, 11) is 0. The lowest BCUT2D eigenvalue weighted by molar-refractivity contribution is -0.120. The predicted molar refractivity (Wildman–Crippen MR) is 141 cm³/mol. The number of nitrogens with one attached hydrogen (secondary N) is 4. The fraction of sp³-hybridized carbons (Fsp3) is 0.200. The third-order valence-corrected chi connectivity index (χ3v) is 7.13. The van der Waals surface area contributed by atoms with Gasteiger partial charge in [0.1, 0.15) is 0 Å². The normalized spacial score (nSPS) is 10.8. The highest BCUT2D eigenvalue weighted by molar-refractivity contribution is 8.01. The molecule has 8 nitrogen and oxygen atoms in total. The molecule has 4 rings (SSSR count). The second kappa shape index (κ2) is 11.7. The number of aromatic nitrogens is 2. The summed E-state index contributed by atoms with van der Waals surface area (Å²) in [6, 6.07) is 15.1. The first-order valence-electron chi connectivity index (χ1n) is 11.0. The molecule has 0 aliphatic rings. The maximum absolute atomic E-state index is 12.3. The van der Waals surface area contributed by atoms with Crippen LogP contribution in [0.2, 0.25) is 0 Å². The van der Waals surface area contributed by atoms with Gasteiger partial charge in [-0.25, -0.2) is 4.98 Å². The lowest BCUT2D eigenvalue weighted by Crippen LogP contribution is -2.27. The van der Waals surface area contributed by atoms with Crippen LogP contribution in [0.4, 0.5) is 11.4 Å². The number of hydrogen-bond donors (Lipinski definition) is 4. The van der Waals surface area contributed by atoms with Crippen LogP contribution >= 0.6 is 23.1 Å². The van der Waals surface area contributed by atoms with Crippen molar-refractivity contribution in [3.05, 3.63) is 71.4 Å². The Morgan fingerprint density at radius 3 is 2.66 bits per heavy atom. The summed E-state index contributed by atoms with van der Waals surface area (Å²) in [4.78, 5) is 43.5. The van der Waals surface area contributed by atoms with E-state index in [-0.39, 0.29) is 29.9 Å². The molecule has 10 heteroatoms. The zero-order valence-electron chi connectivity index (χ0n) is 19.1. The molecule has 2 heterocycles. The number of aromatic amines is 1. The van der Waals surface area contributed by atoms with Gasteiger partial charge in [-0.2, -0.15) is 0 Å². The summed E-state index contributed by atoms with van der Waals surface area (Å²) in [5, 5.41) is 11.5. The van der Waals surface area contributed by atoms with E-state index in [0.29, 0.717) is 23.6 Å². The second-order valence-electron chi connectivity index (χ2n) is 7.84. The second-order valence-corrected chi connectivity index (χ2v) is 9.92. The average molecular weight is 508 g/mol. The molecule has 180 valence electrons. The van der Waals surface area contributed by atoms with E-state index in [0.717, 1.165) is 16.3 Å². The predicted octanol–water partition coefficient (Wildman–Crippen LogP) is 4.22. The minimum Gasteiger partial charge on any atom is -0.361 e. The number of anilines is 2. The van der Waals surface area contributed by atoms with E-state index in [4.69, 9.17) is 0 Å². The van der Waals surface area contributed by atoms with E-state index in [1.165, 1.54) is 41.0 Å². The van der Waals surface area contributed by atoms with Crippen molar-refractivity contribution in [1.29, 1.82) is 0 Å². The van der Waals surface area contributed by atoms with Gasteiger partial charge in [0.25, 0.3) is 0 Å². The van der Waals surface area contributed by atoms with E-state index in [1.807, 2.05) is 29.8 Å². The highest BCUT2D eigenvalue weighted by Crippen LogP contribution is 2.24. The first-order valence-corrected chi connectivity index (χ1v) is 12.9. The first-order chi connectivity index (χ1) is 17.0. The van der Waals surface area contributed by atoms with Gasteiger partial charge in [-0.3, -0.25) is 14.4 Å². The summed E-state index contributed by atoms with van der Waals surface area (Å²) < 4.78 is 0.730. The van der Waals surface area contributed by atoms with E-state index < -0.39 is 0 Å². The van der Waals surface area contributed by atoms with Crippen LogP contribution in [-0.4, -0.2) is 40.0 Å². The fourth-order valence-corrected chi connectivity index (χ4v) is 5.18. The zero-order chi connectivity index (χ0) is 24.6. The zero-order valence-corrected chi connectivity index (χ0v) is 20.7. The molecule has 4 N–H and O–H groups in total. The number of benzene rings is 2. The molecule has 4 aromatic rings. The Hall–Kier alpha value is -3.63. The average Bonchev–Trinajstić information content (AvgIpc) is 3.44. The molecule has 2 aromatic carbocycles. The lowest BCUT2D eigenvalue weighted by atomic mass is 10.1. The van der Waals surface area contributed by atoms with Crippen LogP contribution in [0, 0.1) is 0 Å². The molecule has 0 saturated carbocycles. The molecule has 0 saturated heterocycles. The molecule has 3 amide bonds. The van der Waals surface area contributed by atoms with Crippen molar-refractivity contribution in [2.75, 3.05) is 22.9 Å². The van der Waals surface area contributed by atoms with E-state index >= 15 is 0 Å². The molecule has 0 aliphatic heterocycles. The lowest BCUT2D eigenvalue weighted by Gasteiger charge is -2.07. The fourth-order valence-electron chi connectivity index (χ4n) is 3.54. The standard InChI is InChI=1S/C25H25N5O3S2/c1-16(31)28-18-5-4-6-19(11-18)29-24(33)15-35-25-30-20(14-34-25)12-23(32)26-10-9-17-13-27-22-8-3-2-7-21(17)22/h2-8,11,13-14,27H,9-10,12,15H2,1H3,(H,26,32)(H,28,31)(H,29,33). The van der Waals surface area contributed by atoms with E-state index in [9.17, 15) is 14.4 Å². The number of thioether (sulfide) groups is 1. The molecule has 0 fully saturated rings. The van der Waals surface area contributed by atoms with Crippen LogP contribution < -0.4 is 16.0 Å². The number of H-pyrrole nitrogens is 1. The van der Waals surface area contributed by atoms with Gasteiger partial charge in [0.15, 0.2) is 4.34 Å².